The number of nitrogens with zero attached hydrogens (tertiary/aromatic N) is 3. The SMILES string of the molecule is c1cc2cc(-c3ccc(O[C@@H]4CCN5CCC[C@@H]4C5)nn3)ccc2[nH]1. The number of hydrogen-bond acceptors (Lipinski definition) is 4. The molecule has 0 saturated carbocycles. The number of fused-ring (bicyclic) bond motifs is 3. The molecule has 5 rings (SSSR count). The van der Waals surface area contributed by atoms with Gasteiger partial charge in [0.1, 0.15) is 6.10 Å². The maximum Gasteiger partial charge on any atom is 0.233 e. The van der Waals surface area contributed by atoms with Gasteiger partial charge in [-0.05, 0) is 50.1 Å². The van der Waals surface area contributed by atoms with Crippen LogP contribution in [0.25, 0.3) is 22.2 Å². The summed E-state index contributed by atoms with van der Waals surface area (Å²) in [5.74, 6) is 1.29. The molecule has 25 heavy (non-hydrogen) atoms. The monoisotopic (exact) mass is 334 g/mol. The van der Waals surface area contributed by atoms with Crippen LogP contribution in [-0.4, -0.2) is 45.8 Å². The van der Waals surface area contributed by atoms with Gasteiger partial charge in [0.05, 0.1) is 5.69 Å². The van der Waals surface area contributed by atoms with Crippen LogP contribution in [0.4, 0.5) is 0 Å². The second-order valence-corrected chi connectivity index (χ2v) is 7.18. The van der Waals surface area contributed by atoms with E-state index in [1.165, 1.54) is 31.3 Å². The minimum atomic E-state index is 0.285. The van der Waals surface area contributed by atoms with Gasteiger partial charge < -0.3 is 14.6 Å². The van der Waals surface area contributed by atoms with Gasteiger partial charge in [-0.2, -0.15) is 0 Å². The normalized spacial score (nSPS) is 25.8. The molecule has 2 aliphatic rings. The number of aromatic amines is 1. The largest absolute Gasteiger partial charge is 0.473 e. The van der Waals surface area contributed by atoms with Gasteiger partial charge in [0.25, 0.3) is 0 Å². The van der Waals surface area contributed by atoms with Crippen LogP contribution in [0.1, 0.15) is 19.3 Å². The number of hydrogen-bond donors (Lipinski definition) is 1. The molecule has 1 N–H and O–H groups in total. The highest BCUT2D eigenvalue weighted by atomic mass is 16.5. The van der Waals surface area contributed by atoms with Gasteiger partial charge in [-0.1, -0.05) is 6.07 Å². The van der Waals surface area contributed by atoms with Crippen LogP contribution >= 0.6 is 0 Å². The van der Waals surface area contributed by atoms with Gasteiger partial charge in [-0.15, -0.1) is 10.2 Å². The molecule has 3 atom stereocenters. The second-order valence-electron chi connectivity index (χ2n) is 7.18. The summed E-state index contributed by atoms with van der Waals surface area (Å²) in [7, 11) is 0. The molecule has 0 radical (unpaired) electrons. The molecule has 0 aliphatic carbocycles. The van der Waals surface area contributed by atoms with Gasteiger partial charge in [-0.3, -0.25) is 0 Å². The Morgan fingerprint density at radius 1 is 1.04 bits per heavy atom. The summed E-state index contributed by atoms with van der Waals surface area (Å²) in [5, 5.41) is 9.90. The highest BCUT2D eigenvalue weighted by Gasteiger charge is 2.33. The van der Waals surface area contributed by atoms with Crippen molar-refractivity contribution in [2.75, 3.05) is 19.6 Å². The van der Waals surface area contributed by atoms with Crippen molar-refractivity contribution in [2.45, 2.75) is 25.4 Å². The van der Waals surface area contributed by atoms with E-state index in [9.17, 15) is 0 Å². The predicted octanol–water partition coefficient (Wildman–Crippen LogP) is 3.49. The zero-order valence-electron chi connectivity index (χ0n) is 14.2. The third-order valence-corrected chi connectivity index (χ3v) is 5.56. The van der Waals surface area contributed by atoms with E-state index >= 15 is 0 Å². The van der Waals surface area contributed by atoms with E-state index in [2.05, 4.69) is 44.3 Å². The lowest BCUT2D eigenvalue weighted by molar-refractivity contribution is 0.0123. The van der Waals surface area contributed by atoms with Crippen molar-refractivity contribution in [1.82, 2.24) is 20.1 Å². The topological polar surface area (TPSA) is 54.0 Å². The van der Waals surface area contributed by atoms with Crippen LogP contribution in [0.5, 0.6) is 5.88 Å². The molecule has 3 aromatic rings. The first-order valence-electron chi connectivity index (χ1n) is 9.15. The summed E-state index contributed by atoms with van der Waals surface area (Å²) < 4.78 is 6.18. The summed E-state index contributed by atoms with van der Waals surface area (Å²) in [6.07, 6.45) is 5.89. The van der Waals surface area contributed by atoms with E-state index in [1.807, 2.05) is 18.3 Å². The standard InChI is InChI=1S/C20H22N4O/c1-2-16-13-24(10-1)11-8-19(16)25-20-6-5-18(22-23-20)14-3-4-17-15(12-14)7-9-21-17/h3-7,9,12,16,19,21H,1-2,8,10-11,13H2/t16-,19-/m1/s1. The Morgan fingerprint density at radius 3 is 2.96 bits per heavy atom. The van der Waals surface area contributed by atoms with E-state index in [-0.39, 0.29) is 6.10 Å². The highest BCUT2D eigenvalue weighted by molar-refractivity contribution is 5.84. The van der Waals surface area contributed by atoms with Crippen molar-refractivity contribution in [2.24, 2.45) is 5.92 Å². The van der Waals surface area contributed by atoms with Crippen molar-refractivity contribution in [1.29, 1.82) is 0 Å². The quantitative estimate of drug-likeness (QED) is 0.797. The van der Waals surface area contributed by atoms with E-state index in [4.69, 9.17) is 4.74 Å². The second kappa shape index (κ2) is 6.15. The maximum atomic E-state index is 6.18. The smallest absolute Gasteiger partial charge is 0.233 e. The molecule has 2 aromatic heterocycles. The number of piperidine rings is 2. The molecule has 128 valence electrons. The molecule has 1 aromatic carbocycles. The molecule has 5 heteroatoms. The fraction of sp³-hybridized carbons (Fsp3) is 0.400. The summed E-state index contributed by atoms with van der Waals surface area (Å²) in [6, 6.07) is 12.3. The van der Waals surface area contributed by atoms with Crippen LogP contribution in [0.15, 0.2) is 42.6 Å². The van der Waals surface area contributed by atoms with Gasteiger partial charge >= 0.3 is 0 Å². The Labute approximate surface area is 147 Å². The van der Waals surface area contributed by atoms with Gasteiger partial charge in [0, 0.05) is 47.7 Å². The van der Waals surface area contributed by atoms with Crippen LogP contribution in [-0.2, 0) is 0 Å². The number of H-pyrrole nitrogens is 1. The van der Waals surface area contributed by atoms with Crippen molar-refractivity contribution < 1.29 is 4.74 Å². The van der Waals surface area contributed by atoms with E-state index < -0.39 is 0 Å². The van der Waals surface area contributed by atoms with E-state index in [0.29, 0.717) is 11.8 Å². The van der Waals surface area contributed by atoms with E-state index in [1.54, 1.807) is 0 Å². The van der Waals surface area contributed by atoms with Crippen LogP contribution in [0.2, 0.25) is 0 Å². The molecule has 0 spiro atoms. The summed E-state index contributed by atoms with van der Waals surface area (Å²) >= 11 is 0. The number of aromatic nitrogens is 3. The number of benzene rings is 1. The number of nitrogens with one attached hydrogen (secondary N) is 1. The first kappa shape index (κ1) is 14.9. The first-order valence-corrected chi connectivity index (χ1v) is 9.15. The lowest BCUT2D eigenvalue weighted by Gasteiger charge is -2.42. The maximum absolute atomic E-state index is 6.18. The molecule has 4 heterocycles. The van der Waals surface area contributed by atoms with E-state index in [0.717, 1.165) is 29.7 Å². The average molecular weight is 334 g/mol. The third-order valence-electron chi connectivity index (χ3n) is 5.56. The van der Waals surface area contributed by atoms with Gasteiger partial charge in [-0.25, -0.2) is 0 Å². The number of ether oxygens (including phenoxy) is 1. The number of rotatable bonds is 3. The Morgan fingerprint density at radius 2 is 2.04 bits per heavy atom. The highest BCUT2D eigenvalue weighted by Crippen LogP contribution is 2.30. The molecule has 2 saturated heterocycles. The molecular formula is C20H22N4O. The fourth-order valence-electron chi connectivity index (χ4n) is 4.20. The Kier molecular flexibility index (Phi) is 3.67. The first-order chi connectivity index (χ1) is 12.3. The van der Waals surface area contributed by atoms with Crippen molar-refractivity contribution in [3.8, 4) is 17.1 Å². The Hall–Kier alpha value is -2.40. The molecule has 2 fully saturated rings. The fourth-order valence-corrected chi connectivity index (χ4v) is 4.20. The molecular weight excluding hydrogens is 312 g/mol. The summed E-state index contributed by atoms with van der Waals surface area (Å²) in [4.78, 5) is 5.77. The molecule has 0 amide bonds. The van der Waals surface area contributed by atoms with Crippen molar-refractivity contribution in [3.63, 3.8) is 0 Å². The minimum absolute atomic E-state index is 0.285. The molecule has 2 bridgehead atoms. The van der Waals surface area contributed by atoms with Gasteiger partial charge in [0.15, 0.2) is 0 Å². The average Bonchev–Trinajstić information content (AvgIpc) is 3.13. The lowest BCUT2D eigenvalue weighted by atomic mass is 9.87. The van der Waals surface area contributed by atoms with Crippen molar-refractivity contribution in [3.05, 3.63) is 42.6 Å². The minimum Gasteiger partial charge on any atom is -0.473 e. The van der Waals surface area contributed by atoms with Crippen LogP contribution < -0.4 is 4.74 Å². The van der Waals surface area contributed by atoms with Crippen LogP contribution in [0, 0.1) is 5.92 Å². The summed E-state index contributed by atoms with van der Waals surface area (Å²) in [6.45, 7) is 3.57. The predicted molar refractivity (Wildman–Crippen MR) is 97.5 cm³/mol. The van der Waals surface area contributed by atoms with Gasteiger partial charge in [0.2, 0.25) is 5.88 Å². The molecule has 1 unspecified atom stereocenters. The zero-order valence-corrected chi connectivity index (χ0v) is 14.2. The van der Waals surface area contributed by atoms with Crippen LogP contribution in [0.3, 0.4) is 0 Å². The lowest BCUT2D eigenvalue weighted by Crippen LogP contribution is -2.49. The molecule has 5 nitrogen and oxygen atoms in total. The summed E-state index contributed by atoms with van der Waals surface area (Å²) in [5.41, 5.74) is 3.09. The Bertz CT molecular complexity index is 873. The zero-order chi connectivity index (χ0) is 16.6. The van der Waals surface area contributed by atoms with Crippen molar-refractivity contribution >= 4 is 10.9 Å². The molecule has 2 aliphatic heterocycles. The Balaban J connectivity index is 1.32. The third kappa shape index (κ3) is 2.89.